The van der Waals surface area contributed by atoms with Crippen LogP contribution in [0.15, 0.2) is 23.1 Å². The first-order valence-electron chi connectivity index (χ1n) is 4.75. The molecule has 0 aliphatic carbocycles. The smallest absolute Gasteiger partial charge is 0.313 e. The number of hydrogen-bond donors (Lipinski definition) is 2. The van der Waals surface area contributed by atoms with Gasteiger partial charge in [0.15, 0.2) is 0 Å². The molecule has 1 heterocycles. The van der Waals surface area contributed by atoms with Gasteiger partial charge in [0.1, 0.15) is 0 Å². The Labute approximate surface area is 102 Å². The van der Waals surface area contributed by atoms with E-state index in [2.05, 4.69) is 5.32 Å². The van der Waals surface area contributed by atoms with Crippen LogP contribution in [-0.2, 0) is 16.6 Å². The van der Waals surface area contributed by atoms with Gasteiger partial charge >= 0.3 is 5.97 Å². The Hall–Kier alpha value is -1.76. The molecule has 1 rings (SSSR count). The number of nitrogens with zero attached hydrogens (tertiary/aromatic N) is 1. The van der Waals surface area contributed by atoms with Crippen molar-refractivity contribution in [3.05, 3.63) is 28.7 Å². The minimum atomic E-state index is -0.954. The summed E-state index contributed by atoms with van der Waals surface area (Å²) in [5, 5.41) is 11.0. The van der Waals surface area contributed by atoms with E-state index in [1.54, 1.807) is 7.05 Å². The third-order valence-electron chi connectivity index (χ3n) is 1.83. The number of aryl methyl sites for hydroxylation is 1. The van der Waals surface area contributed by atoms with E-state index < -0.39 is 5.97 Å². The van der Waals surface area contributed by atoms with Crippen LogP contribution in [0.1, 0.15) is 0 Å². The zero-order valence-corrected chi connectivity index (χ0v) is 9.99. The molecule has 1 amide bonds. The predicted molar refractivity (Wildman–Crippen MR) is 65.3 cm³/mol. The molecule has 0 aromatic carbocycles. The van der Waals surface area contributed by atoms with E-state index >= 15 is 0 Å². The van der Waals surface area contributed by atoms with Gasteiger partial charge in [0.05, 0.1) is 17.2 Å². The number of pyridine rings is 1. The standard InChI is InChI=1S/C10H12N2O4S/c1-12-4-7(2-3-9(12)14)11-8(13)5-17-6-10(15)16/h2-4H,5-6H2,1H3,(H,11,13)(H,15,16). The third-order valence-corrected chi connectivity index (χ3v) is 2.75. The van der Waals surface area contributed by atoms with E-state index in [9.17, 15) is 14.4 Å². The van der Waals surface area contributed by atoms with Crippen molar-refractivity contribution in [2.45, 2.75) is 0 Å². The molecule has 0 unspecified atom stereocenters. The number of carbonyl (C=O) groups excluding carboxylic acids is 1. The van der Waals surface area contributed by atoms with Gasteiger partial charge in [-0.05, 0) is 6.07 Å². The monoisotopic (exact) mass is 256 g/mol. The molecule has 0 saturated heterocycles. The van der Waals surface area contributed by atoms with Crippen molar-refractivity contribution in [3.63, 3.8) is 0 Å². The first-order chi connectivity index (χ1) is 7.99. The van der Waals surface area contributed by atoms with Crippen molar-refractivity contribution in [2.24, 2.45) is 7.05 Å². The number of thioether (sulfide) groups is 1. The van der Waals surface area contributed by atoms with Crippen LogP contribution in [-0.4, -0.2) is 33.1 Å². The number of amides is 1. The Balaban J connectivity index is 2.48. The summed E-state index contributed by atoms with van der Waals surface area (Å²) in [4.78, 5) is 32.7. The number of hydrogen-bond acceptors (Lipinski definition) is 4. The summed E-state index contributed by atoms with van der Waals surface area (Å²) in [6.07, 6.45) is 1.50. The maximum absolute atomic E-state index is 11.4. The lowest BCUT2D eigenvalue weighted by Gasteiger charge is -2.05. The molecule has 0 fully saturated rings. The number of anilines is 1. The molecule has 0 spiro atoms. The van der Waals surface area contributed by atoms with Gasteiger partial charge in [-0.15, -0.1) is 11.8 Å². The van der Waals surface area contributed by atoms with Crippen LogP contribution in [0.2, 0.25) is 0 Å². The number of rotatable bonds is 5. The molecule has 6 nitrogen and oxygen atoms in total. The van der Waals surface area contributed by atoms with Gasteiger partial charge in [0.25, 0.3) is 0 Å². The van der Waals surface area contributed by atoms with Crippen LogP contribution in [0.25, 0.3) is 0 Å². The minimum absolute atomic E-state index is 0.0646. The summed E-state index contributed by atoms with van der Waals surface area (Å²) < 4.78 is 1.35. The first-order valence-corrected chi connectivity index (χ1v) is 5.90. The van der Waals surface area contributed by atoms with Gasteiger partial charge in [-0.25, -0.2) is 0 Å². The Kier molecular flexibility index (Phi) is 4.77. The van der Waals surface area contributed by atoms with E-state index in [0.29, 0.717) is 5.69 Å². The van der Waals surface area contributed by atoms with E-state index in [4.69, 9.17) is 5.11 Å². The fourth-order valence-electron chi connectivity index (χ4n) is 1.10. The molecule has 0 aliphatic heterocycles. The highest BCUT2D eigenvalue weighted by Gasteiger charge is 2.05. The fraction of sp³-hybridized carbons (Fsp3) is 0.300. The summed E-state index contributed by atoms with van der Waals surface area (Å²) in [7, 11) is 1.58. The molecule has 0 radical (unpaired) electrons. The first kappa shape index (κ1) is 13.3. The summed E-state index contributed by atoms with van der Waals surface area (Å²) in [5.41, 5.74) is 0.344. The highest BCUT2D eigenvalue weighted by atomic mass is 32.2. The van der Waals surface area contributed by atoms with Gasteiger partial charge in [-0.2, -0.15) is 0 Å². The van der Waals surface area contributed by atoms with Crippen LogP contribution in [0.3, 0.4) is 0 Å². The number of carbonyl (C=O) groups is 2. The number of carboxylic acid groups (broad SMARTS) is 1. The zero-order valence-electron chi connectivity index (χ0n) is 9.17. The van der Waals surface area contributed by atoms with Crippen LogP contribution < -0.4 is 10.9 Å². The second-order valence-electron chi connectivity index (χ2n) is 3.30. The van der Waals surface area contributed by atoms with Crippen LogP contribution in [0.4, 0.5) is 5.69 Å². The van der Waals surface area contributed by atoms with E-state index in [-0.39, 0.29) is 23.0 Å². The van der Waals surface area contributed by atoms with E-state index in [0.717, 1.165) is 11.8 Å². The largest absolute Gasteiger partial charge is 0.481 e. The average molecular weight is 256 g/mol. The second kappa shape index (κ2) is 6.09. The van der Waals surface area contributed by atoms with Crippen molar-refractivity contribution < 1.29 is 14.7 Å². The quantitative estimate of drug-likeness (QED) is 0.782. The molecule has 92 valence electrons. The molecule has 0 saturated carbocycles. The Morgan fingerprint density at radius 1 is 1.41 bits per heavy atom. The molecule has 0 atom stereocenters. The van der Waals surface area contributed by atoms with Crippen LogP contribution in [0, 0.1) is 0 Å². The van der Waals surface area contributed by atoms with Crippen molar-refractivity contribution >= 4 is 29.3 Å². The lowest BCUT2D eigenvalue weighted by atomic mass is 10.4. The molecular weight excluding hydrogens is 244 g/mol. The van der Waals surface area contributed by atoms with Crippen molar-refractivity contribution in [1.82, 2.24) is 4.57 Å². The van der Waals surface area contributed by atoms with Gasteiger partial charge in [-0.3, -0.25) is 14.4 Å². The summed E-state index contributed by atoms with van der Waals surface area (Å²) in [6.45, 7) is 0. The van der Waals surface area contributed by atoms with Crippen molar-refractivity contribution in [3.8, 4) is 0 Å². The molecule has 0 bridgehead atoms. The van der Waals surface area contributed by atoms with E-state index in [1.807, 2.05) is 0 Å². The molecule has 1 aromatic heterocycles. The summed E-state index contributed by atoms with van der Waals surface area (Å²) in [6, 6.07) is 2.85. The molecule has 7 heteroatoms. The van der Waals surface area contributed by atoms with Crippen LogP contribution in [0.5, 0.6) is 0 Å². The molecule has 17 heavy (non-hydrogen) atoms. The van der Waals surface area contributed by atoms with Crippen LogP contribution >= 0.6 is 11.8 Å². The maximum atomic E-state index is 11.4. The molecule has 0 aliphatic rings. The lowest BCUT2D eigenvalue weighted by molar-refractivity contribution is -0.133. The highest BCUT2D eigenvalue weighted by Crippen LogP contribution is 2.05. The molecule has 1 aromatic rings. The minimum Gasteiger partial charge on any atom is -0.481 e. The molecule has 2 N–H and O–H groups in total. The van der Waals surface area contributed by atoms with Gasteiger partial charge < -0.3 is 15.0 Å². The predicted octanol–water partition coefficient (Wildman–Crippen LogP) is 0.142. The SMILES string of the molecule is Cn1cc(NC(=O)CSCC(=O)O)ccc1=O. The van der Waals surface area contributed by atoms with Crippen molar-refractivity contribution in [2.75, 3.05) is 16.8 Å². The van der Waals surface area contributed by atoms with Gasteiger partial charge in [0.2, 0.25) is 11.5 Å². The van der Waals surface area contributed by atoms with Gasteiger partial charge in [-0.1, -0.05) is 0 Å². The second-order valence-corrected chi connectivity index (χ2v) is 4.29. The normalized spacial score (nSPS) is 9.94. The van der Waals surface area contributed by atoms with Crippen molar-refractivity contribution in [1.29, 1.82) is 0 Å². The molecular formula is C10H12N2O4S. The number of aromatic nitrogens is 1. The zero-order chi connectivity index (χ0) is 12.8. The maximum Gasteiger partial charge on any atom is 0.313 e. The Bertz CT molecular complexity index is 483. The summed E-state index contributed by atoms with van der Waals surface area (Å²) in [5.74, 6) is -1.30. The topological polar surface area (TPSA) is 88.4 Å². The number of nitrogens with one attached hydrogen (secondary N) is 1. The lowest BCUT2D eigenvalue weighted by Crippen LogP contribution is -2.19. The average Bonchev–Trinajstić information content (AvgIpc) is 2.23. The van der Waals surface area contributed by atoms with E-state index in [1.165, 1.54) is 22.9 Å². The number of carboxylic acids is 1. The third kappa shape index (κ3) is 4.73. The highest BCUT2D eigenvalue weighted by molar-refractivity contribution is 8.00. The summed E-state index contributed by atoms with van der Waals surface area (Å²) >= 11 is 1.02. The Morgan fingerprint density at radius 2 is 2.12 bits per heavy atom. The Morgan fingerprint density at radius 3 is 2.71 bits per heavy atom. The fourth-order valence-corrected chi connectivity index (χ4v) is 1.63. The number of aliphatic carboxylic acids is 1. The van der Waals surface area contributed by atoms with Gasteiger partial charge in [0, 0.05) is 19.3 Å².